The van der Waals surface area contributed by atoms with Gasteiger partial charge in [0.2, 0.25) is 0 Å². The number of carbonyl (C=O) groups excluding carboxylic acids is 1. The van der Waals surface area contributed by atoms with E-state index in [1.165, 1.54) is 24.3 Å². The molecule has 2 aliphatic carbocycles. The van der Waals surface area contributed by atoms with Gasteiger partial charge in [-0.25, -0.2) is 17.2 Å². The van der Waals surface area contributed by atoms with Gasteiger partial charge < -0.3 is 20.3 Å². The number of hydrogen-bond acceptors (Lipinski definition) is 6. The SMILES string of the molecule is C[C@H](O)COC[C@@]1(O)C2CC(S(=O)(=O)c3cc(C(=O)Nc4ccc(F)c(F)c4)ccc3Cl)CC1[C@@H](C)C2. The first-order valence-electron chi connectivity index (χ1n) is 12.1. The van der Waals surface area contributed by atoms with Gasteiger partial charge in [0.1, 0.15) is 0 Å². The third kappa shape index (κ3) is 5.54. The summed E-state index contributed by atoms with van der Waals surface area (Å²) in [5.74, 6) is -3.45. The molecule has 2 aliphatic rings. The van der Waals surface area contributed by atoms with Crippen molar-refractivity contribution in [2.24, 2.45) is 17.8 Å². The number of aliphatic hydroxyl groups is 2. The lowest BCUT2D eigenvalue weighted by atomic mass is 9.73. The molecule has 202 valence electrons. The lowest BCUT2D eigenvalue weighted by Gasteiger charge is -2.43. The summed E-state index contributed by atoms with van der Waals surface area (Å²) in [7, 11) is -3.98. The van der Waals surface area contributed by atoms with E-state index in [1.54, 1.807) is 6.92 Å². The van der Waals surface area contributed by atoms with E-state index in [0.29, 0.717) is 6.42 Å². The van der Waals surface area contributed by atoms with Crippen LogP contribution in [0.3, 0.4) is 0 Å². The van der Waals surface area contributed by atoms with Crippen LogP contribution >= 0.6 is 11.6 Å². The van der Waals surface area contributed by atoms with Crippen LogP contribution in [0, 0.1) is 29.4 Å². The Morgan fingerprint density at radius 3 is 2.57 bits per heavy atom. The molecule has 2 aromatic carbocycles. The molecule has 1 amide bonds. The van der Waals surface area contributed by atoms with E-state index in [4.69, 9.17) is 16.3 Å². The number of rotatable bonds is 8. The summed E-state index contributed by atoms with van der Waals surface area (Å²) in [4.78, 5) is 12.5. The van der Waals surface area contributed by atoms with Crippen LogP contribution in [0.5, 0.6) is 0 Å². The maximum atomic E-state index is 13.7. The first-order valence-corrected chi connectivity index (χ1v) is 14.0. The molecule has 3 N–H and O–H groups in total. The number of aliphatic hydroxyl groups excluding tert-OH is 1. The number of amides is 1. The lowest BCUT2D eigenvalue weighted by Crippen LogP contribution is -2.52. The van der Waals surface area contributed by atoms with Crippen LogP contribution in [0.25, 0.3) is 0 Å². The van der Waals surface area contributed by atoms with E-state index in [9.17, 15) is 32.2 Å². The predicted molar refractivity (Wildman–Crippen MR) is 134 cm³/mol. The van der Waals surface area contributed by atoms with Crippen LogP contribution in [0.2, 0.25) is 5.02 Å². The van der Waals surface area contributed by atoms with Crippen LogP contribution in [0.1, 0.15) is 43.5 Å². The van der Waals surface area contributed by atoms with Gasteiger partial charge >= 0.3 is 0 Å². The number of ether oxygens (including phenoxy) is 1. The van der Waals surface area contributed by atoms with Gasteiger partial charge in [0.25, 0.3) is 5.91 Å². The molecule has 6 atom stereocenters. The summed E-state index contributed by atoms with van der Waals surface area (Å²) < 4.78 is 59.6. The third-order valence-corrected chi connectivity index (χ3v) is 10.2. The van der Waals surface area contributed by atoms with Crippen LogP contribution in [-0.4, -0.2) is 54.7 Å². The molecule has 0 radical (unpaired) electrons. The Balaban J connectivity index is 1.55. The number of hydrogen-bond donors (Lipinski definition) is 3. The molecule has 2 saturated carbocycles. The first-order chi connectivity index (χ1) is 17.3. The van der Waals surface area contributed by atoms with Crippen molar-refractivity contribution >= 4 is 33.0 Å². The smallest absolute Gasteiger partial charge is 0.255 e. The van der Waals surface area contributed by atoms with Crippen molar-refractivity contribution in [1.29, 1.82) is 0 Å². The second-order valence-electron chi connectivity index (χ2n) is 10.2. The number of benzene rings is 2. The van der Waals surface area contributed by atoms with Gasteiger partial charge in [0, 0.05) is 17.3 Å². The number of anilines is 1. The second-order valence-corrected chi connectivity index (χ2v) is 12.8. The molecule has 3 unspecified atom stereocenters. The van der Waals surface area contributed by atoms with Crippen LogP contribution in [0.4, 0.5) is 14.5 Å². The third-order valence-electron chi connectivity index (χ3n) is 7.57. The fourth-order valence-corrected chi connectivity index (χ4v) is 8.11. The molecule has 0 heterocycles. The van der Waals surface area contributed by atoms with Crippen LogP contribution in [0.15, 0.2) is 41.3 Å². The topological polar surface area (TPSA) is 113 Å². The highest BCUT2D eigenvalue weighted by Crippen LogP contribution is 2.54. The molecule has 0 saturated heterocycles. The normalized spacial score (nSPS) is 28.2. The zero-order valence-corrected chi connectivity index (χ0v) is 22.0. The van der Waals surface area contributed by atoms with E-state index in [1.807, 2.05) is 6.92 Å². The predicted octanol–water partition coefficient (Wildman–Crippen LogP) is 4.21. The van der Waals surface area contributed by atoms with E-state index in [0.717, 1.165) is 12.1 Å². The van der Waals surface area contributed by atoms with Crippen molar-refractivity contribution in [3.8, 4) is 0 Å². The highest BCUT2D eigenvalue weighted by Gasteiger charge is 2.58. The number of carbonyl (C=O) groups is 1. The molecule has 2 fully saturated rings. The quantitative estimate of drug-likeness (QED) is 0.448. The highest BCUT2D eigenvalue weighted by atomic mass is 35.5. The summed E-state index contributed by atoms with van der Waals surface area (Å²) in [6.45, 7) is 3.66. The molecular weight excluding hydrogens is 528 g/mol. The fourth-order valence-electron chi connectivity index (χ4n) is 5.74. The number of fused-ring (bicyclic) bond motifs is 2. The minimum absolute atomic E-state index is 0.0112. The van der Waals surface area contributed by atoms with Gasteiger partial charge in [-0.2, -0.15) is 0 Å². The molecular formula is C26H30ClF2NO6S. The number of nitrogens with one attached hydrogen (secondary N) is 1. The van der Waals surface area contributed by atoms with Gasteiger partial charge in [-0.05, 0) is 74.3 Å². The Kier molecular flexibility index (Phi) is 7.97. The maximum absolute atomic E-state index is 13.7. The van der Waals surface area contributed by atoms with Gasteiger partial charge in [-0.3, -0.25) is 4.79 Å². The Bertz CT molecular complexity index is 1290. The maximum Gasteiger partial charge on any atom is 0.255 e. The van der Waals surface area contributed by atoms with Crippen molar-refractivity contribution in [3.63, 3.8) is 0 Å². The van der Waals surface area contributed by atoms with Crippen molar-refractivity contribution < 1.29 is 36.9 Å². The summed E-state index contributed by atoms with van der Waals surface area (Å²) in [6.07, 6.45) is 0.384. The molecule has 2 bridgehead atoms. The van der Waals surface area contributed by atoms with Gasteiger partial charge in [0.05, 0.1) is 40.1 Å². The Morgan fingerprint density at radius 2 is 1.92 bits per heavy atom. The van der Waals surface area contributed by atoms with Gasteiger partial charge in [0.15, 0.2) is 21.5 Å². The molecule has 0 aromatic heterocycles. The summed E-state index contributed by atoms with van der Waals surface area (Å²) >= 11 is 6.28. The summed E-state index contributed by atoms with van der Waals surface area (Å²) in [5, 5.41) is 22.5. The molecule has 4 rings (SSSR count). The van der Waals surface area contributed by atoms with E-state index in [-0.39, 0.29) is 65.0 Å². The van der Waals surface area contributed by atoms with Gasteiger partial charge in [-0.15, -0.1) is 0 Å². The minimum Gasteiger partial charge on any atom is -0.391 e. The molecule has 0 spiro atoms. The Morgan fingerprint density at radius 1 is 1.19 bits per heavy atom. The van der Waals surface area contributed by atoms with Crippen molar-refractivity contribution in [2.45, 2.75) is 55.0 Å². The first kappa shape index (κ1) is 27.9. The second kappa shape index (κ2) is 10.6. The molecule has 11 heteroatoms. The zero-order valence-electron chi connectivity index (χ0n) is 20.5. The van der Waals surface area contributed by atoms with Crippen LogP contribution in [-0.2, 0) is 14.6 Å². The average molecular weight is 558 g/mol. The largest absolute Gasteiger partial charge is 0.391 e. The molecule has 0 aliphatic heterocycles. The highest BCUT2D eigenvalue weighted by molar-refractivity contribution is 7.92. The average Bonchev–Trinajstić information content (AvgIpc) is 2.94. The zero-order chi connectivity index (χ0) is 27.1. The lowest BCUT2D eigenvalue weighted by molar-refractivity contribution is -0.124. The summed E-state index contributed by atoms with van der Waals surface area (Å²) in [6, 6.07) is 6.74. The Labute approximate surface area is 219 Å². The molecule has 7 nitrogen and oxygen atoms in total. The van der Waals surface area contributed by atoms with Crippen molar-refractivity contribution in [3.05, 3.63) is 58.6 Å². The van der Waals surface area contributed by atoms with Crippen molar-refractivity contribution in [2.75, 3.05) is 18.5 Å². The van der Waals surface area contributed by atoms with Gasteiger partial charge in [-0.1, -0.05) is 18.5 Å². The van der Waals surface area contributed by atoms with Crippen molar-refractivity contribution in [1.82, 2.24) is 0 Å². The summed E-state index contributed by atoms with van der Waals surface area (Å²) in [5.41, 5.74) is -1.18. The molecule has 37 heavy (non-hydrogen) atoms. The number of sulfone groups is 1. The number of halogens is 3. The Hall–Kier alpha value is -2.11. The van der Waals surface area contributed by atoms with Crippen LogP contribution < -0.4 is 5.32 Å². The van der Waals surface area contributed by atoms with E-state index >= 15 is 0 Å². The monoisotopic (exact) mass is 557 g/mol. The molecule has 2 aromatic rings. The van der Waals surface area contributed by atoms with E-state index in [2.05, 4.69) is 5.32 Å². The standard InChI is InChI=1S/C26H30ClF2NO6S/c1-14-7-17-9-19(11-20(14)26(17,33)13-36-12-15(2)31)37(34,35)24-8-16(3-5-21(24)27)25(32)30-18-4-6-22(28)23(29)10-18/h3-6,8,10,14-15,17,19-20,31,33H,7,9,11-13H2,1-2H3,(H,30,32)/t14-,15-,17?,19?,20?,26+/m0/s1. The van der Waals surface area contributed by atoms with E-state index < -0.39 is 44.3 Å². The fraction of sp³-hybridized carbons (Fsp3) is 0.500. The minimum atomic E-state index is -3.98.